The summed E-state index contributed by atoms with van der Waals surface area (Å²) in [6.07, 6.45) is -0.395. The van der Waals surface area contributed by atoms with E-state index in [-0.39, 0.29) is 5.03 Å². The molecular weight excluding hydrogens is 202 g/mol. The van der Waals surface area contributed by atoms with E-state index in [1.165, 1.54) is 11.0 Å². The maximum absolute atomic E-state index is 9.65. The van der Waals surface area contributed by atoms with E-state index in [0.717, 1.165) is 5.69 Å². The molecule has 1 heterocycles. The zero-order chi connectivity index (χ0) is 10.1. The third kappa shape index (κ3) is 1.50. The van der Waals surface area contributed by atoms with E-state index in [0.29, 0.717) is 0 Å². The van der Waals surface area contributed by atoms with Gasteiger partial charge < -0.3 is 15.1 Å². The topological polar surface area (TPSA) is 43.7 Å². The van der Waals surface area contributed by atoms with Gasteiger partial charge in [-0.25, -0.2) is 0 Å². The van der Waals surface area contributed by atoms with Crippen LogP contribution in [0.25, 0.3) is 0 Å². The van der Waals surface area contributed by atoms with E-state index in [2.05, 4.69) is 0 Å². The number of aliphatic hydroxyl groups excluding tert-OH is 2. The second-order valence-electron chi connectivity index (χ2n) is 3.08. The molecular formula is C10H10ClNO2. The average Bonchev–Trinajstić information content (AvgIpc) is 2.43. The molecule has 0 saturated carbocycles. The lowest BCUT2D eigenvalue weighted by molar-refractivity contribution is 0.153. The Morgan fingerprint density at radius 2 is 1.79 bits per heavy atom. The van der Waals surface area contributed by atoms with E-state index in [1.54, 1.807) is 12.1 Å². The molecule has 1 aliphatic rings. The number of rotatable bonds is 1. The fraction of sp³-hybridized carbons (Fsp3) is 0.200. The molecule has 1 aromatic rings. The Morgan fingerprint density at radius 1 is 1.14 bits per heavy atom. The molecule has 2 rings (SSSR count). The fourth-order valence-corrected chi connectivity index (χ4v) is 1.70. The van der Waals surface area contributed by atoms with Crippen molar-refractivity contribution in [3.63, 3.8) is 0 Å². The molecule has 0 fully saturated rings. The van der Waals surface area contributed by atoms with Gasteiger partial charge in [0.25, 0.3) is 0 Å². The van der Waals surface area contributed by atoms with Crippen molar-refractivity contribution in [3.8, 4) is 0 Å². The Hall–Kier alpha value is -1.03. The van der Waals surface area contributed by atoms with Gasteiger partial charge in [0.15, 0.2) is 6.23 Å². The van der Waals surface area contributed by atoms with Gasteiger partial charge in [0.2, 0.25) is 0 Å². The molecule has 0 spiro atoms. The highest BCUT2D eigenvalue weighted by Crippen LogP contribution is 2.29. The number of nitrogens with zero attached hydrogens (tertiary/aromatic N) is 1. The minimum Gasteiger partial charge on any atom is -0.370 e. The van der Waals surface area contributed by atoms with Crippen LogP contribution >= 0.6 is 11.6 Å². The van der Waals surface area contributed by atoms with Crippen LogP contribution in [0.2, 0.25) is 0 Å². The van der Waals surface area contributed by atoms with Crippen LogP contribution in [-0.2, 0) is 0 Å². The molecule has 0 bridgehead atoms. The minimum absolute atomic E-state index is 0.251. The van der Waals surface area contributed by atoms with E-state index >= 15 is 0 Å². The van der Waals surface area contributed by atoms with Crippen LogP contribution in [0.15, 0.2) is 41.4 Å². The Labute approximate surface area is 86.8 Å². The van der Waals surface area contributed by atoms with Crippen molar-refractivity contribution in [2.75, 3.05) is 4.90 Å². The number of hydrogen-bond donors (Lipinski definition) is 2. The van der Waals surface area contributed by atoms with Gasteiger partial charge in [-0.3, -0.25) is 0 Å². The predicted octanol–water partition coefficient (Wildman–Crippen LogP) is 1.27. The normalized spacial score (nSPS) is 26.5. The molecule has 3 nitrogen and oxygen atoms in total. The Kier molecular flexibility index (Phi) is 2.46. The number of halogens is 1. The van der Waals surface area contributed by atoms with Crippen LogP contribution in [0, 0.1) is 0 Å². The minimum atomic E-state index is -0.950. The van der Waals surface area contributed by atoms with E-state index in [9.17, 15) is 10.2 Å². The van der Waals surface area contributed by atoms with E-state index in [4.69, 9.17) is 11.6 Å². The molecule has 0 aromatic heterocycles. The van der Waals surface area contributed by atoms with Gasteiger partial charge in [-0.2, -0.15) is 0 Å². The van der Waals surface area contributed by atoms with Gasteiger partial charge in [-0.05, 0) is 18.2 Å². The van der Waals surface area contributed by atoms with Crippen molar-refractivity contribution >= 4 is 17.3 Å². The Balaban J connectivity index is 2.30. The average molecular weight is 212 g/mol. The van der Waals surface area contributed by atoms with Crippen LogP contribution in [0.3, 0.4) is 0 Å². The first-order valence-corrected chi connectivity index (χ1v) is 4.64. The number of para-hydroxylation sites is 1. The van der Waals surface area contributed by atoms with Gasteiger partial charge in [-0.1, -0.05) is 29.8 Å². The maximum atomic E-state index is 9.65. The number of aliphatic hydroxyl groups is 2. The highest BCUT2D eigenvalue weighted by atomic mass is 35.5. The molecule has 1 aliphatic heterocycles. The van der Waals surface area contributed by atoms with Crippen molar-refractivity contribution in [2.24, 2.45) is 0 Å². The third-order valence-corrected chi connectivity index (χ3v) is 2.48. The van der Waals surface area contributed by atoms with E-state index < -0.39 is 12.5 Å². The molecule has 0 saturated heterocycles. The second-order valence-corrected chi connectivity index (χ2v) is 3.52. The Bertz CT molecular complexity index is 352. The fourth-order valence-electron chi connectivity index (χ4n) is 1.48. The molecule has 2 unspecified atom stereocenters. The van der Waals surface area contributed by atoms with Crippen molar-refractivity contribution in [1.82, 2.24) is 0 Å². The monoisotopic (exact) mass is 211 g/mol. The molecule has 74 valence electrons. The van der Waals surface area contributed by atoms with E-state index in [1.807, 2.05) is 18.2 Å². The van der Waals surface area contributed by atoms with Crippen LogP contribution in [-0.4, -0.2) is 22.7 Å². The summed E-state index contributed by atoms with van der Waals surface area (Å²) in [7, 11) is 0. The first kappa shape index (κ1) is 9.52. The van der Waals surface area contributed by atoms with Gasteiger partial charge in [0.1, 0.15) is 6.23 Å². The third-order valence-electron chi connectivity index (χ3n) is 2.16. The highest BCUT2D eigenvalue weighted by molar-refractivity contribution is 6.30. The summed E-state index contributed by atoms with van der Waals surface area (Å²) in [6.45, 7) is 0. The van der Waals surface area contributed by atoms with Crippen LogP contribution in [0.5, 0.6) is 0 Å². The molecule has 2 N–H and O–H groups in total. The standard InChI is InChI=1S/C10H10ClNO2/c11-8-6-9(13)12(10(8)14)7-4-2-1-3-5-7/h1-6,9-10,13-14H. The molecule has 14 heavy (non-hydrogen) atoms. The van der Waals surface area contributed by atoms with Crippen LogP contribution in [0.4, 0.5) is 5.69 Å². The van der Waals surface area contributed by atoms with Crippen molar-refractivity contribution in [2.45, 2.75) is 12.5 Å². The Morgan fingerprint density at radius 3 is 2.29 bits per heavy atom. The smallest absolute Gasteiger partial charge is 0.166 e. The number of anilines is 1. The van der Waals surface area contributed by atoms with Gasteiger partial charge in [0.05, 0.1) is 5.03 Å². The summed E-state index contributed by atoms with van der Waals surface area (Å²) in [6, 6.07) is 9.14. The largest absolute Gasteiger partial charge is 0.370 e. The lowest BCUT2D eigenvalue weighted by Gasteiger charge is -2.26. The zero-order valence-corrected chi connectivity index (χ0v) is 8.09. The molecule has 0 radical (unpaired) electrons. The molecule has 4 heteroatoms. The summed E-state index contributed by atoms with van der Waals surface area (Å²) in [4.78, 5) is 1.43. The van der Waals surface area contributed by atoms with Crippen molar-refractivity contribution in [3.05, 3.63) is 41.4 Å². The first-order chi connectivity index (χ1) is 6.70. The summed E-state index contributed by atoms with van der Waals surface area (Å²) in [5, 5.41) is 19.5. The lowest BCUT2D eigenvalue weighted by atomic mass is 10.3. The molecule has 0 amide bonds. The zero-order valence-electron chi connectivity index (χ0n) is 7.34. The summed E-state index contributed by atoms with van der Waals surface area (Å²) in [5.74, 6) is 0. The van der Waals surface area contributed by atoms with Gasteiger partial charge in [-0.15, -0.1) is 0 Å². The summed E-state index contributed by atoms with van der Waals surface area (Å²) < 4.78 is 0. The molecule has 2 atom stereocenters. The van der Waals surface area contributed by atoms with Crippen molar-refractivity contribution in [1.29, 1.82) is 0 Å². The molecule has 0 aliphatic carbocycles. The van der Waals surface area contributed by atoms with Crippen molar-refractivity contribution < 1.29 is 10.2 Å². The second kappa shape index (κ2) is 3.61. The molecule has 1 aromatic carbocycles. The van der Waals surface area contributed by atoms with Crippen LogP contribution in [0.1, 0.15) is 0 Å². The number of hydrogen-bond acceptors (Lipinski definition) is 3. The van der Waals surface area contributed by atoms with Gasteiger partial charge >= 0.3 is 0 Å². The lowest BCUT2D eigenvalue weighted by Crippen LogP contribution is -2.37. The summed E-state index contributed by atoms with van der Waals surface area (Å²) in [5.41, 5.74) is 0.736. The highest BCUT2D eigenvalue weighted by Gasteiger charge is 2.30. The SMILES string of the molecule is OC1C=C(Cl)C(O)N1c1ccccc1. The maximum Gasteiger partial charge on any atom is 0.166 e. The van der Waals surface area contributed by atoms with Gasteiger partial charge in [0, 0.05) is 5.69 Å². The number of benzene rings is 1. The first-order valence-electron chi connectivity index (χ1n) is 4.27. The quantitative estimate of drug-likeness (QED) is 0.735. The predicted molar refractivity (Wildman–Crippen MR) is 54.9 cm³/mol. The summed E-state index contributed by atoms with van der Waals surface area (Å²) >= 11 is 5.71. The van der Waals surface area contributed by atoms with Crippen LogP contribution < -0.4 is 4.90 Å².